The summed E-state index contributed by atoms with van der Waals surface area (Å²) in [6.07, 6.45) is 3.52. The summed E-state index contributed by atoms with van der Waals surface area (Å²) >= 11 is 0. The zero-order chi connectivity index (χ0) is 18.5. The van der Waals surface area contributed by atoms with Gasteiger partial charge in [0.1, 0.15) is 11.5 Å². The first kappa shape index (κ1) is 18.0. The molecule has 0 saturated carbocycles. The molecule has 7 heteroatoms. The number of carbonyl (C=O) groups is 1. The van der Waals surface area contributed by atoms with Crippen molar-refractivity contribution in [1.29, 1.82) is 0 Å². The SMILES string of the molecule is COc1cc(NC(=O)[C@H]2CCCN(c3nccc(C)n3)C2)cc(OC)c1. The zero-order valence-corrected chi connectivity index (χ0v) is 15.4. The van der Waals surface area contributed by atoms with Crippen LogP contribution in [0.5, 0.6) is 11.5 Å². The molecule has 1 fully saturated rings. The van der Waals surface area contributed by atoms with Gasteiger partial charge < -0.3 is 19.7 Å². The summed E-state index contributed by atoms with van der Waals surface area (Å²) in [5.41, 5.74) is 1.58. The van der Waals surface area contributed by atoms with Gasteiger partial charge in [0.15, 0.2) is 0 Å². The highest BCUT2D eigenvalue weighted by Gasteiger charge is 2.27. The molecule has 3 rings (SSSR count). The summed E-state index contributed by atoms with van der Waals surface area (Å²) < 4.78 is 10.5. The van der Waals surface area contributed by atoms with Crippen molar-refractivity contribution in [3.05, 3.63) is 36.2 Å². The van der Waals surface area contributed by atoms with Gasteiger partial charge in [-0.3, -0.25) is 4.79 Å². The molecule has 2 heterocycles. The number of carbonyl (C=O) groups excluding carboxylic acids is 1. The van der Waals surface area contributed by atoms with Crippen LogP contribution in [0.2, 0.25) is 0 Å². The predicted molar refractivity (Wildman–Crippen MR) is 99.9 cm³/mol. The average molecular weight is 356 g/mol. The highest BCUT2D eigenvalue weighted by Crippen LogP contribution is 2.27. The van der Waals surface area contributed by atoms with Crippen molar-refractivity contribution in [2.24, 2.45) is 5.92 Å². The second-order valence-corrected chi connectivity index (χ2v) is 6.37. The molecule has 0 aliphatic carbocycles. The molecule has 1 saturated heterocycles. The fourth-order valence-corrected chi connectivity index (χ4v) is 3.08. The number of aromatic nitrogens is 2. The molecule has 0 spiro atoms. The standard InChI is InChI=1S/C19H24N4O3/c1-13-6-7-20-19(21-13)23-8-4-5-14(12-23)18(24)22-15-9-16(25-2)11-17(10-15)26-3/h6-7,9-11,14H,4-5,8,12H2,1-3H3,(H,22,24)/t14-/m0/s1. The molecular weight excluding hydrogens is 332 g/mol. The molecule has 7 nitrogen and oxygen atoms in total. The third kappa shape index (κ3) is 4.22. The van der Waals surface area contributed by atoms with E-state index in [0.29, 0.717) is 29.7 Å². The molecule has 1 aliphatic heterocycles. The van der Waals surface area contributed by atoms with E-state index in [2.05, 4.69) is 20.2 Å². The van der Waals surface area contributed by atoms with Crippen LogP contribution in [-0.4, -0.2) is 43.2 Å². The van der Waals surface area contributed by atoms with Gasteiger partial charge in [0, 0.05) is 48.9 Å². The largest absolute Gasteiger partial charge is 0.497 e. The molecule has 1 aromatic heterocycles. The van der Waals surface area contributed by atoms with Crippen LogP contribution in [0.3, 0.4) is 0 Å². The molecule has 1 atom stereocenters. The predicted octanol–water partition coefficient (Wildman–Crippen LogP) is 2.66. The zero-order valence-electron chi connectivity index (χ0n) is 15.4. The van der Waals surface area contributed by atoms with Crippen molar-refractivity contribution >= 4 is 17.5 Å². The Bertz CT molecular complexity index is 759. The van der Waals surface area contributed by atoms with Crippen molar-refractivity contribution in [1.82, 2.24) is 9.97 Å². The lowest BCUT2D eigenvalue weighted by Crippen LogP contribution is -2.41. The lowest BCUT2D eigenvalue weighted by molar-refractivity contribution is -0.120. The van der Waals surface area contributed by atoms with Crippen molar-refractivity contribution < 1.29 is 14.3 Å². The Morgan fingerprint density at radius 1 is 1.23 bits per heavy atom. The summed E-state index contributed by atoms with van der Waals surface area (Å²) in [6, 6.07) is 7.20. The van der Waals surface area contributed by atoms with Gasteiger partial charge in [-0.2, -0.15) is 0 Å². The summed E-state index contributed by atoms with van der Waals surface area (Å²) in [5, 5.41) is 2.98. The van der Waals surface area contributed by atoms with Crippen molar-refractivity contribution in [3.63, 3.8) is 0 Å². The molecule has 1 amide bonds. The van der Waals surface area contributed by atoms with Crippen LogP contribution in [0.15, 0.2) is 30.5 Å². The molecule has 2 aromatic rings. The fourth-order valence-electron chi connectivity index (χ4n) is 3.08. The first-order valence-electron chi connectivity index (χ1n) is 8.67. The van der Waals surface area contributed by atoms with Crippen molar-refractivity contribution in [2.75, 3.05) is 37.5 Å². The van der Waals surface area contributed by atoms with Crippen LogP contribution >= 0.6 is 0 Å². The summed E-state index contributed by atoms with van der Waals surface area (Å²) in [4.78, 5) is 23.6. The van der Waals surface area contributed by atoms with Crippen LogP contribution in [0, 0.1) is 12.8 Å². The van der Waals surface area contributed by atoms with E-state index in [1.54, 1.807) is 38.6 Å². The Hall–Kier alpha value is -2.83. The van der Waals surface area contributed by atoms with Crippen LogP contribution in [0.1, 0.15) is 18.5 Å². The molecular formula is C19H24N4O3. The van der Waals surface area contributed by atoms with Crippen LogP contribution in [0.25, 0.3) is 0 Å². The topological polar surface area (TPSA) is 76.6 Å². The molecule has 1 aliphatic rings. The molecule has 138 valence electrons. The van der Waals surface area contributed by atoms with Gasteiger partial charge in [0.2, 0.25) is 11.9 Å². The minimum absolute atomic E-state index is 0.0161. The van der Waals surface area contributed by atoms with Gasteiger partial charge >= 0.3 is 0 Å². The first-order valence-corrected chi connectivity index (χ1v) is 8.67. The van der Waals surface area contributed by atoms with Crippen molar-refractivity contribution in [2.45, 2.75) is 19.8 Å². The number of amides is 1. The Morgan fingerprint density at radius 2 is 1.96 bits per heavy atom. The Balaban J connectivity index is 1.70. The van der Waals surface area contributed by atoms with E-state index < -0.39 is 0 Å². The number of nitrogens with zero attached hydrogens (tertiary/aromatic N) is 3. The monoisotopic (exact) mass is 356 g/mol. The van der Waals surface area contributed by atoms with Gasteiger partial charge in [-0.15, -0.1) is 0 Å². The summed E-state index contributed by atoms with van der Waals surface area (Å²) in [6.45, 7) is 3.41. The van der Waals surface area contributed by atoms with E-state index in [9.17, 15) is 4.79 Å². The van der Waals surface area contributed by atoms with Gasteiger partial charge in [-0.05, 0) is 25.8 Å². The quantitative estimate of drug-likeness (QED) is 0.888. The fraction of sp³-hybridized carbons (Fsp3) is 0.421. The maximum atomic E-state index is 12.8. The third-order valence-corrected chi connectivity index (χ3v) is 4.48. The number of aryl methyl sites for hydroxylation is 1. The molecule has 1 aromatic carbocycles. The lowest BCUT2D eigenvalue weighted by Gasteiger charge is -2.32. The smallest absolute Gasteiger partial charge is 0.229 e. The number of hydrogen-bond acceptors (Lipinski definition) is 6. The highest BCUT2D eigenvalue weighted by atomic mass is 16.5. The Kier molecular flexibility index (Phi) is 5.55. The molecule has 0 unspecified atom stereocenters. The van der Waals surface area contributed by atoms with Gasteiger partial charge in [0.05, 0.1) is 20.1 Å². The highest BCUT2D eigenvalue weighted by molar-refractivity contribution is 5.93. The van der Waals surface area contributed by atoms with E-state index >= 15 is 0 Å². The second-order valence-electron chi connectivity index (χ2n) is 6.37. The summed E-state index contributed by atoms with van der Waals surface area (Å²) in [7, 11) is 3.17. The normalized spacial score (nSPS) is 16.9. The van der Waals surface area contributed by atoms with E-state index in [0.717, 1.165) is 25.1 Å². The van der Waals surface area contributed by atoms with E-state index in [1.807, 2.05) is 13.0 Å². The second kappa shape index (κ2) is 8.03. The number of rotatable bonds is 5. The minimum atomic E-state index is -0.120. The molecule has 1 N–H and O–H groups in total. The van der Waals surface area contributed by atoms with Gasteiger partial charge in [-0.25, -0.2) is 9.97 Å². The number of anilines is 2. The molecule has 0 radical (unpaired) electrons. The maximum Gasteiger partial charge on any atom is 0.229 e. The maximum absolute atomic E-state index is 12.8. The van der Waals surface area contributed by atoms with Gasteiger partial charge in [-0.1, -0.05) is 0 Å². The number of ether oxygens (including phenoxy) is 2. The van der Waals surface area contributed by atoms with Crippen molar-refractivity contribution in [3.8, 4) is 11.5 Å². The average Bonchev–Trinajstić information content (AvgIpc) is 2.67. The van der Waals surface area contributed by atoms with Gasteiger partial charge in [0.25, 0.3) is 0 Å². The first-order chi connectivity index (χ1) is 12.6. The van der Waals surface area contributed by atoms with E-state index in [1.165, 1.54) is 0 Å². The number of nitrogens with one attached hydrogen (secondary N) is 1. The van der Waals surface area contributed by atoms with Crippen LogP contribution in [-0.2, 0) is 4.79 Å². The molecule has 26 heavy (non-hydrogen) atoms. The third-order valence-electron chi connectivity index (χ3n) is 4.48. The summed E-state index contributed by atoms with van der Waals surface area (Å²) in [5.74, 6) is 1.82. The number of methoxy groups -OCH3 is 2. The molecule has 0 bridgehead atoms. The lowest BCUT2D eigenvalue weighted by atomic mass is 9.97. The Morgan fingerprint density at radius 3 is 2.62 bits per heavy atom. The Labute approximate surface area is 153 Å². The number of benzene rings is 1. The van der Waals surface area contributed by atoms with E-state index in [4.69, 9.17) is 9.47 Å². The number of piperidine rings is 1. The van der Waals surface area contributed by atoms with E-state index in [-0.39, 0.29) is 11.8 Å². The minimum Gasteiger partial charge on any atom is -0.497 e. The number of hydrogen-bond donors (Lipinski definition) is 1. The van der Waals surface area contributed by atoms with Crippen LogP contribution < -0.4 is 19.7 Å². The van der Waals surface area contributed by atoms with Crippen LogP contribution in [0.4, 0.5) is 11.6 Å².